The van der Waals surface area contributed by atoms with Crippen molar-refractivity contribution >= 4 is 39.5 Å². The Labute approximate surface area is 644 Å². The van der Waals surface area contributed by atoms with Gasteiger partial charge in [-0.2, -0.15) is 0 Å². The summed E-state index contributed by atoms with van der Waals surface area (Å²) in [5.74, 6) is -2.29. The molecule has 0 saturated heterocycles. The van der Waals surface area contributed by atoms with Crippen LogP contribution in [0.5, 0.6) is 0 Å². The van der Waals surface area contributed by atoms with Gasteiger partial charge < -0.3 is 33.8 Å². The Hall–Kier alpha value is -4.80. The highest BCUT2D eigenvalue weighted by atomic mass is 31.2. The summed E-state index contributed by atoms with van der Waals surface area (Å²) >= 11 is 0. The van der Waals surface area contributed by atoms with Gasteiger partial charge in [0.05, 0.1) is 26.4 Å². The number of rotatable bonds is 77. The standard InChI is InChI=1S/C87H148O17P2/c1-5-9-13-17-21-25-29-33-36-38-40-42-45-48-51-55-59-63-67-71-84(89)97-77-82(103-86(91)73-69-65-61-57-53-47-32-28-24-20-16-12-8-4)79-101-105(93,94)99-75-81(88)76-100-106(95,96)102-80-83(104-87(92)74-70-66-62-58-54-50-44-35-31-27-23-19-15-11-7-3)78-98-85(90)72-68-64-60-56-52-49-46-43-41-39-37-34-30-26-22-18-14-10-6-2/h10,14,21-23,25-27,33-37,40-44,49,52,60,64,81-83,88H,5-9,11-13,15-20,24,28-32,38-39,45-48,50-51,53-59,61-63,65-80H2,1-4H3,(H,93,94)(H,95,96)/b14-10-,25-21-,26-22-,27-23-,36-33-,37-34-,42-40-,43-41-,44-35-,52-49-,64-60-. The van der Waals surface area contributed by atoms with Crippen molar-refractivity contribution < 1.29 is 80.2 Å². The lowest BCUT2D eigenvalue weighted by Crippen LogP contribution is -2.30. The molecule has 0 heterocycles. The molecule has 0 spiro atoms. The third-order valence-electron chi connectivity index (χ3n) is 17.1. The summed E-state index contributed by atoms with van der Waals surface area (Å²) in [6, 6.07) is 0. The fourth-order valence-electron chi connectivity index (χ4n) is 10.8. The average molecular weight is 1530 g/mol. The molecule has 0 radical (unpaired) electrons. The van der Waals surface area contributed by atoms with Gasteiger partial charge in [-0.05, 0) is 135 Å². The molecular weight excluding hydrogens is 1380 g/mol. The summed E-state index contributed by atoms with van der Waals surface area (Å²) in [5.41, 5.74) is 0. The highest BCUT2D eigenvalue weighted by Crippen LogP contribution is 2.45. The van der Waals surface area contributed by atoms with Crippen molar-refractivity contribution in [3.05, 3.63) is 134 Å². The number of allylic oxidation sites excluding steroid dienone is 22. The van der Waals surface area contributed by atoms with Crippen LogP contribution >= 0.6 is 15.6 Å². The highest BCUT2D eigenvalue weighted by molar-refractivity contribution is 7.47. The molecule has 0 fully saturated rings. The molecule has 0 saturated carbocycles. The van der Waals surface area contributed by atoms with Gasteiger partial charge in [0.15, 0.2) is 12.2 Å². The van der Waals surface area contributed by atoms with E-state index in [0.717, 1.165) is 161 Å². The quantitative estimate of drug-likeness (QED) is 0.0169. The van der Waals surface area contributed by atoms with Crippen LogP contribution in [0.15, 0.2) is 134 Å². The highest BCUT2D eigenvalue weighted by Gasteiger charge is 2.30. The van der Waals surface area contributed by atoms with Crippen molar-refractivity contribution in [2.75, 3.05) is 39.6 Å². The number of esters is 4. The van der Waals surface area contributed by atoms with Gasteiger partial charge in [-0.15, -0.1) is 0 Å². The monoisotopic (exact) mass is 1530 g/mol. The number of ether oxygens (including phenoxy) is 4. The van der Waals surface area contributed by atoms with E-state index in [2.05, 4.69) is 143 Å². The third-order valence-corrected chi connectivity index (χ3v) is 19.0. The van der Waals surface area contributed by atoms with Crippen molar-refractivity contribution in [2.24, 2.45) is 0 Å². The minimum atomic E-state index is -5.00. The fourth-order valence-corrected chi connectivity index (χ4v) is 12.4. The van der Waals surface area contributed by atoms with Gasteiger partial charge in [0, 0.05) is 25.7 Å². The SMILES string of the molecule is CC/C=C\C/C=C\C/C=C\C/C=C\C/C=C\C/C=C\CCC(=O)OCC(COP(=O)(O)OCC(O)COP(=O)(O)OCC(COC(=O)CCCCCCCC/C=C\C/C=C\C/C=C\CCCCC)OC(=O)CCCCCCCCCCCCCCC)OC(=O)CCCCCCC/C=C\C/C=C\CCCCC. The predicted molar refractivity (Wildman–Crippen MR) is 436 cm³/mol. The number of phosphoric ester groups is 2. The first-order valence-corrected chi connectivity index (χ1v) is 44.4. The second kappa shape index (κ2) is 78.3. The van der Waals surface area contributed by atoms with E-state index < -0.39 is 97.5 Å². The van der Waals surface area contributed by atoms with Crippen LogP contribution in [-0.4, -0.2) is 96.7 Å². The summed E-state index contributed by atoms with van der Waals surface area (Å²) < 4.78 is 68.6. The number of carbonyl (C=O) groups excluding carboxylic acids is 4. The van der Waals surface area contributed by atoms with Crippen LogP contribution in [0.2, 0.25) is 0 Å². The smallest absolute Gasteiger partial charge is 0.462 e. The summed E-state index contributed by atoms with van der Waals surface area (Å²) in [6.45, 7) is 4.62. The van der Waals surface area contributed by atoms with Gasteiger partial charge in [-0.1, -0.05) is 309 Å². The van der Waals surface area contributed by atoms with Crippen LogP contribution in [0.25, 0.3) is 0 Å². The Bertz CT molecular complexity index is 2530. The Morgan fingerprint density at radius 1 is 0.274 bits per heavy atom. The summed E-state index contributed by atoms with van der Waals surface area (Å²) in [5, 5.41) is 10.7. The minimum absolute atomic E-state index is 0.0306. The van der Waals surface area contributed by atoms with Crippen LogP contribution in [0.1, 0.15) is 336 Å². The Kier molecular flexibility index (Phi) is 74.8. The molecule has 19 heteroatoms. The van der Waals surface area contributed by atoms with Crippen LogP contribution < -0.4 is 0 Å². The predicted octanol–water partition coefficient (Wildman–Crippen LogP) is 24.4. The minimum Gasteiger partial charge on any atom is -0.462 e. The van der Waals surface area contributed by atoms with E-state index in [9.17, 15) is 43.2 Å². The number of aliphatic hydroxyl groups is 1. The Balaban J connectivity index is 5.42. The molecule has 17 nitrogen and oxygen atoms in total. The molecule has 0 aliphatic carbocycles. The number of hydrogen-bond donors (Lipinski definition) is 3. The molecule has 3 N–H and O–H groups in total. The van der Waals surface area contributed by atoms with E-state index in [0.29, 0.717) is 32.1 Å². The summed E-state index contributed by atoms with van der Waals surface area (Å²) in [7, 11) is -9.99. The molecular formula is C87H148O17P2. The molecule has 5 unspecified atom stereocenters. The first-order valence-electron chi connectivity index (χ1n) is 41.4. The topological polar surface area (TPSA) is 237 Å². The second-order valence-corrected chi connectivity index (χ2v) is 30.2. The maximum atomic E-state index is 13.1. The Morgan fingerprint density at radius 3 is 0.830 bits per heavy atom. The van der Waals surface area contributed by atoms with Crippen LogP contribution in [0, 0.1) is 0 Å². The van der Waals surface area contributed by atoms with E-state index in [1.807, 2.05) is 18.2 Å². The second-order valence-electron chi connectivity index (χ2n) is 27.3. The first-order chi connectivity index (χ1) is 51.7. The summed E-state index contributed by atoms with van der Waals surface area (Å²) in [6.07, 6.45) is 88.6. The van der Waals surface area contributed by atoms with Gasteiger partial charge >= 0.3 is 39.5 Å². The molecule has 608 valence electrons. The van der Waals surface area contributed by atoms with Gasteiger partial charge in [0.25, 0.3) is 0 Å². The van der Waals surface area contributed by atoms with Crippen molar-refractivity contribution in [1.29, 1.82) is 0 Å². The third kappa shape index (κ3) is 77.4. The average Bonchev–Trinajstić information content (AvgIpc) is 0.933. The van der Waals surface area contributed by atoms with Crippen molar-refractivity contribution in [3.8, 4) is 0 Å². The van der Waals surface area contributed by atoms with Crippen LogP contribution in [0.4, 0.5) is 0 Å². The number of aliphatic hydroxyl groups excluding tert-OH is 1. The lowest BCUT2D eigenvalue weighted by atomic mass is 10.0. The van der Waals surface area contributed by atoms with E-state index in [-0.39, 0.29) is 25.7 Å². The number of phosphoric acid groups is 2. The van der Waals surface area contributed by atoms with E-state index in [1.54, 1.807) is 0 Å². The first kappa shape index (κ1) is 101. The molecule has 0 bridgehead atoms. The molecule has 0 aromatic rings. The lowest BCUT2D eigenvalue weighted by Gasteiger charge is -2.21. The zero-order chi connectivity index (χ0) is 77.4. The molecule has 5 atom stereocenters. The van der Waals surface area contributed by atoms with E-state index in [4.69, 9.17) is 37.0 Å². The van der Waals surface area contributed by atoms with E-state index >= 15 is 0 Å². The fraction of sp³-hybridized carbons (Fsp3) is 0.701. The van der Waals surface area contributed by atoms with E-state index in [1.165, 1.54) is 89.9 Å². The molecule has 0 aliphatic rings. The maximum absolute atomic E-state index is 13.1. The molecule has 0 rings (SSSR count). The normalized spacial score (nSPS) is 14.5. The zero-order valence-corrected chi connectivity index (χ0v) is 68.4. The Morgan fingerprint density at radius 2 is 0.509 bits per heavy atom. The van der Waals surface area contributed by atoms with Gasteiger partial charge in [0.1, 0.15) is 19.3 Å². The van der Waals surface area contributed by atoms with Crippen LogP contribution in [0.3, 0.4) is 0 Å². The van der Waals surface area contributed by atoms with Crippen molar-refractivity contribution in [2.45, 2.75) is 354 Å². The van der Waals surface area contributed by atoms with Gasteiger partial charge in [-0.3, -0.25) is 37.3 Å². The molecule has 0 amide bonds. The lowest BCUT2D eigenvalue weighted by molar-refractivity contribution is -0.161. The van der Waals surface area contributed by atoms with Crippen molar-refractivity contribution in [3.63, 3.8) is 0 Å². The largest absolute Gasteiger partial charge is 0.472 e. The molecule has 106 heavy (non-hydrogen) atoms. The van der Waals surface area contributed by atoms with Gasteiger partial charge in [-0.25, -0.2) is 9.13 Å². The summed E-state index contributed by atoms with van der Waals surface area (Å²) in [4.78, 5) is 73.1. The van der Waals surface area contributed by atoms with Crippen molar-refractivity contribution in [1.82, 2.24) is 0 Å². The van der Waals surface area contributed by atoms with Gasteiger partial charge in [0.2, 0.25) is 0 Å². The maximum Gasteiger partial charge on any atom is 0.472 e. The zero-order valence-electron chi connectivity index (χ0n) is 66.6. The van der Waals surface area contributed by atoms with Crippen LogP contribution in [-0.2, 0) is 65.4 Å². The number of carbonyl (C=O) groups is 4. The molecule has 0 aromatic heterocycles. The number of hydrogen-bond acceptors (Lipinski definition) is 15. The molecule has 0 aliphatic heterocycles. The number of unbranched alkanes of at least 4 members (excludes halogenated alkanes) is 29. The molecule has 0 aromatic carbocycles.